The van der Waals surface area contributed by atoms with Gasteiger partial charge in [0.05, 0.1) is 18.1 Å². The van der Waals surface area contributed by atoms with E-state index in [1.54, 1.807) is 0 Å². The van der Waals surface area contributed by atoms with Gasteiger partial charge in [0.25, 0.3) is 5.91 Å². The molecule has 2 aromatic carbocycles. The van der Waals surface area contributed by atoms with Gasteiger partial charge in [0.2, 0.25) is 5.82 Å². The zero-order chi connectivity index (χ0) is 25.5. The zero-order valence-electron chi connectivity index (χ0n) is 17.6. The number of nitrogens with one attached hydrogen (secondary N) is 1. The summed E-state index contributed by atoms with van der Waals surface area (Å²) in [7, 11) is 1.37. The molecule has 0 atom stereocenters. The molecule has 0 aliphatic rings. The van der Waals surface area contributed by atoms with Crippen LogP contribution in [-0.2, 0) is 6.18 Å². The highest BCUT2D eigenvalue weighted by Crippen LogP contribution is 2.35. The fraction of sp³-hybridized carbons (Fsp3) is 0.136. The lowest BCUT2D eigenvalue weighted by molar-refractivity contribution is -0.145. The van der Waals surface area contributed by atoms with Crippen molar-refractivity contribution in [3.8, 4) is 11.4 Å². The highest BCUT2D eigenvalue weighted by atomic mass is 19.4. The van der Waals surface area contributed by atoms with Crippen molar-refractivity contribution in [2.24, 2.45) is 0 Å². The molecule has 13 heteroatoms. The van der Waals surface area contributed by atoms with E-state index in [0.717, 1.165) is 22.9 Å². The number of carbonyl (C=O) groups excluding carboxylic acids is 2. The van der Waals surface area contributed by atoms with Gasteiger partial charge in [-0.25, -0.2) is 4.98 Å². The molecule has 2 aromatic heterocycles. The van der Waals surface area contributed by atoms with Crippen molar-refractivity contribution in [3.63, 3.8) is 0 Å². The van der Waals surface area contributed by atoms with Gasteiger partial charge >= 0.3 is 18.3 Å². The molecule has 0 saturated carbocycles. The number of ether oxygens (including phenoxy) is 1. The minimum atomic E-state index is -5.19. The fourth-order valence-electron chi connectivity index (χ4n) is 3.41. The first-order valence-electron chi connectivity index (χ1n) is 9.74. The van der Waals surface area contributed by atoms with Gasteiger partial charge in [-0.3, -0.25) is 18.7 Å². The van der Waals surface area contributed by atoms with E-state index in [1.807, 2.05) is 0 Å². The first kappa shape index (κ1) is 23.9. The minimum Gasteiger partial charge on any atom is -0.497 e. The molecule has 7 nitrogen and oxygen atoms in total. The lowest BCUT2D eigenvalue weighted by Gasteiger charge is -2.13. The summed E-state index contributed by atoms with van der Waals surface area (Å²) < 4.78 is 85.3. The van der Waals surface area contributed by atoms with E-state index >= 15 is 0 Å². The fourth-order valence-corrected chi connectivity index (χ4v) is 3.41. The average molecular weight is 496 g/mol. The van der Waals surface area contributed by atoms with Crippen molar-refractivity contribution < 1.29 is 40.7 Å². The number of hydrogen-bond acceptors (Lipinski definition) is 4. The van der Waals surface area contributed by atoms with E-state index in [2.05, 4.69) is 10.3 Å². The second kappa shape index (κ2) is 8.49. The summed E-state index contributed by atoms with van der Waals surface area (Å²) in [4.78, 5) is 27.6. The Kier molecular flexibility index (Phi) is 5.79. The molecule has 1 amide bonds. The quantitative estimate of drug-likeness (QED) is 0.389. The van der Waals surface area contributed by atoms with Crippen LogP contribution in [0, 0.1) is 0 Å². The van der Waals surface area contributed by atoms with Gasteiger partial charge in [-0.2, -0.15) is 26.3 Å². The van der Waals surface area contributed by atoms with Crippen LogP contribution in [0.5, 0.6) is 5.75 Å². The third kappa shape index (κ3) is 4.56. The second-order valence-corrected chi connectivity index (χ2v) is 7.19. The molecular formula is C22H14F6N4O3. The number of amides is 1. The molecule has 4 aromatic rings. The maximum atomic E-state index is 13.7. The number of aromatic nitrogens is 3. The number of fused-ring (bicyclic) bond motifs is 1. The van der Waals surface area contributed by atoms with Gasteiger partial charge in [-0.1, -0.05) is 0 Å². The summed E-state index contributed by atoms with van der Waals surface area (Å²) in [5.74, 6) is -4.12. The van der Waals surface area contributed by atoms with Gasteiger partial charge in [-0.15, -0.1) is 0 Å². The molecule has 0 fully saturated rings. The topological polar surface area (TPSA) is 78.2 Å². The van der Waals surface area contributed by atoms with Crippen molar-refractivity contribution in [3.05, 3.63) is 72.3 Å². The smallest absolute Gasteiger partial charge is 0.472 e. The minimum absolute atomic E-state index is 0.0455. The highest BCUT2D eigenvalue weighted by molar-refractivity contribution is 6.06. The van der Waals surface area contributed by atoms with Gasteiger partial charge in [-0.05, 0) is 48.5 Å². The Labute approximate surface area is 192 Å². The van der Waals surface area contributed by atoms with Crippen LogP contribution in [0.15, 0.2) is 60.8 Å². The number of imidazole rings is 1. The van der Waals surface area contributed by atoms with E-state index in [1.165, 1.54) is 49.6 Å². The summed E-state index contributed by atoms with van der Waals surface area (Å²) >= 11 is 0. The Morgan fingerprint density at radius 1 is 0.971 bits per heavy atom. The molecule has 182 valence electrons. The number of hydrogen-bond donors (Lipinski definition) is 1. The number of alkyl halides is 6. The Bertz CT molecular complexity index is 1420. The van der Waals surface area contributed by atoms with Crippen LogP contribution in [0.3, 0.4) is 0 Å². The van der Waals surface area contributed by atoms with Gasteiger partial charge in [0.15, 0.2) is 0 Å². The number of halogens is 6. The largest absolute Gasteiger partial charge is 0.497 e. The highest BCUT2D eigenvalue weighted by Gasteiger charge is 2.41. The first-order chi connectivity index (χ1) is 16.4. The third-order valence-corrected chi connectivity index (χ3v) is 4.94. The Morgan fingerprint density at radius 2 is 1.66 bits per heavy atom. The number of anilines is 1. The Hall–Kier alpha value is -4.29. The average Bonchev–Trinajstić information content (AvgIpc) is 3.43. The van der Waals surface area contributed by atoms with Crippen molar-refractivity contribution in [1.29, 1.82) is 0 Å². The first-order valence-corrected chi connectivity index (χ1v) is 9.74. The number of methoxy groups -OCH3 is 1. The maximum Gasteiger partial charge on any atom is 0.472 e. The lowest BCUT2D eigenvalue weighted by Crippen LogP contribution is -2.31. The van der Waals surface area contributed by atoms with Gasteiger partial charge in [0.1, 0.15) is 11.4 Å². The Balaban J connectivity index is 1.65. The number of nitrogens with zero attached hydrogens (tertiary/aromatic N) is 3. The van der Waals surface area contributed by atoms with Crippen molar-refractivity contribution in [1.82, 2.24) is 14.1 Å². The zero-order valence-corrected chi connectivity index (χ0v) is 17.6. The predicted molar refractivity (Wildman–Crippen MR) is 112 cm³/mol. The van der Waals surface area contributed by atoms with Crippen molar-refractivity contribution in [2.75, 3.05) is 12.4 Å². The standard InChI is InChI=1S/C22H14F6N4O3/c1-35-14-8-9-16-15(11-14)30-19(21(23,24)25)32(16)13-6-4-12(5-7-13)29-18(33)17-3-2-10-31(17)20(34)22(26,27)28/h2-11H,1H3,(H,29,33). The van der Waals surface area contributed by atoms with Crippen LogP contribution in [0.2, 0.25) is 0 Å². The van der Waals surface area contributed by atoms with E-state index in [4.69, 9.17) is 4.74 Å². The summed E-state index contributed by atoms with van der Waals surface area (Å²) in [5.41, 5.74) is -0.225. The van der Waals surface area contributed by atoms with Crippen LogP contribution in [0.4, 0.5) is 32.0 Å². The van der Waals surface area contributed by atoms with Crippen LogP contribution < -0.4 is 10.1 Å². The molecule has 0 bridgehead atoms. The monoisotopic (exact) mass is 496 g/mol. The third-order valence-electron chi connectivity index (χ3n) is 4.94. The normalized spacial score (nSPS) is 12.1. The molecule has 0 saturated heterocycles. The molecule has 0 aliphatic heterocycles. The van der Waals surface area contributed by atoms with Crippen molar-refractivity contribution >= 4 is 28.5 Å². The molecule has 1 N–H and O–H groups in total. The van der Waals surface area contributed by atoms with E-state index < -0.39 is 35.7 Å². The van der Waals surface area contributed by atoms with Crippen LogP contribution in [-0.4, -0.2) is 39.2 Å². The molecule has 0 radical (unpaired) electrons. The van der Waals surface area contributed by atoms with E-state index in [-0.39, 0.29) is 27.0 Å². The molecule has 2 heterocycles. The molecule has 35 heavy (non-hydrogen) atoms. The molecule has 0 spiro atoms. The maximum absolute atomic E-state index is 13.7. The van der Waals surface area contributed by atoms with Crippen LogP contribution in [0.1, 0.15) is 21.1 Å². The van der Waals surface area contributed by atoms with Gasteiger partial charge < -0.3 is 10.1 Å². The molecule has 0 aliphatic carbocycles. The summed E-state index contributed by atoms with van der Waals surface area (Å²) in [5, 5.41) is 2.32. The summed E-state index contributed by atoms with van der Waals surface area (Å²) in [6.45, 7) is 0. The van der Waals surface area contributed by atoms with Crippen molar-refractivity contribution in [2.45, 2.75) is 12.4 Å². The van der Waals surface area contributed by atoms with E-state index in [0.29, 0.717) is 5.75 Å². The molecule has 4 rings (SSSR count). The van der Waals surface area contributed by atoms with Crippen LogP contribution in [0.25, 0.3) is 16.7 Å². The number of rotatable bonds is 4. The van der Waals surface area contributed by atoms with Gasteiger partial charge in [0, 0.05) is 23.6 Å². The summed E-state index contributed by atoms with van der Waals surface area (Å²) in [6, 6.07) is 11.4. The number of carbonyl (C=O) groups is 2. The predicted octanol–water partition coefficient (Wildman–Crippen LogP) is 5.31. The second-order valence-electron chi connectivity index (χ2n) is 7.19. The summed E-state index contributed by atoms with van der Waals surface area (Å²) in [6.07, 6.45) is -9.18. The number of benzene rings is 2. The Morgan fingerprint density at radius 3 is 2.26 bits per heavy atom. The lowest BCUT2D eigenvalue weighted by atomic mass is 10.2. The molecular weight excluding hydrogens is 482 g/mol. The SMILES string of the molecule is COc1ccc2c(c1)nc(C(F)(F)F)n2-c1ccc(NC(=O)c2cccn2C(=O)C(F)(F)F)cc1. The van der Waals surface area contributed by atoms with Crippen LogP contribution >= 0.6 is 0 Å². The van der Waals surface area contributed by atoms with E-state index in [9.17, 15) is 35.9 Å². The molecule has 0 unspecified atom stereocenters.